The van der Waals surface area contributed by atoms with Crippen molar-refractivity contribution in [3.63, 3.8) is 0 Å². The van der Waals surface area contributed by atoms with Gasteiger partial charge in [-0.2, -0.15) is 26.3 Å². The molecule has 8 nitrogen and oxygen atoms in total. The number of carbonyl (C=O) groups excluding carboxylic acids is 4. The molecule has 2 heterocycles. The van der Waals surface area contributed by atoms with Gasteiger partial charge in [0.05, 0.1) is 47.4 Å². The summed E-state index contributed by atoms with van der Waals surface area (Å²) in [5, 5.41) is 5.65. The topological polar surface area (TPSA) is 98.8 Å². The van der Waals surface area contributed by atoms with Crippen LogP contribution in [0.25, 0.3) is 0 Å². The number of halogens is 6. The number of amides is 4. The number of anilines is 2. The lowest BCUT2D eigenvalue weighted by atomic mass is 10.1. The fourth-order valence-corrected chi connectivity index (χ4v) is 5.07. The summed E-state index contributed by atoms with van der Waals surface area (Å²) in [5.74, 6) is -2.31. The van der Waals surface area contributed by atoms with E-state index in [-0.39, 0.29) is 48.4 Å². The number of carbonyl (C=O) groups is 4. The number of imide groups is 2. The van der Waals surface area contributed by atoms with Crippen molar-refractivity contribution >= 4 is 35.0 Å². The molecule has 0 unspecified atom stereocenters. The van der Waals surface area contributed by atoms with E-state index in [1.165, 1.54) is 48.5 Å². The normalized spacial score (nSPS) is 19.4. The van der Waals surface area contributed by atoms with Crippen LogP contribution in [0, 0.1) is 0 Å². The highest BCUT2D eigenvalue weighted by atomic mass is 19.4. The lowest BCUT2D eigenvalue weighted by Gasteiger charge is -2.19. The molecular weight excluding hydrogens is 594 g/mol. The number of hydrogen-bond acceptors (Lipinski definition) is 6. The number of hydrogen-bond donors (Lipinski definition) is 2. The molecule has 2 N–H and O–H groups in total. The van der Waals surface area contributed by atoms with Gasteiger partial charge in [-0.3, -0.25) is 19.2 Å². The van der Waals surface area contributed by atoms with E-state index >= 15 is 0 Å². The molecule has 3 aromatic rings. The summed E-state index contributed by atoms with van der Waals surface area (Å²) < 4.78 is 78.0. The van der Waals surface area contributed by atoms with Crippen LogP contribution in [-0.4, -0.2) is 35.7 Å². The molecule has 5 rings (SSSR count). The molecular formula is C30H24F6N4O4. The molecule has 2 atom stereocenters. The summed E-state index contributed by atoms with van der Waals surface area (Å²) >= 11 is 0. The van der Waals surface area contributed by atoms with Gasteiger partial charge in [0.15, 0.2) is 0 Å². The third kappa shape index (κ3) is 6.50. The van der Waals surface area contributed by atoms with E-state index < -0.39 is 59.2 Å². The zero-order chi connectivity index (χ0) is 31.8. The Labute approximate surface area is 246 Å². The van der Waals surface area contributed by atoms with E-state index in [9.17, 15) is 45.5 Å². The molecule has 2 aliphatic heterocycles. The highest BCUT2D eigenvalue weighted by Crippen LogP contribution is 2.32. The Kier molecular flexibility index (Phi) is 8.32. The van der Waals surface area contributed by atoms with Gasteiger partial charge in [0, 0.05) is 13.1 Å². The molecule has 2 fully saturated rings. The zero-order valence-electron chi connectivity index (χ0n) is 22.7. The van der Waals surface area contributed by atoms with E-state index in [2.05, 4.69) is 10.6 Å². The minimum atomic E-state index is -4.52. The second-order valence-corrected chi connectivity index (χ2v) is 10.3. The van der Waals surface area contributed by atoms with E-state index in [1.54, 1.807) is 0 Å². The molecule has 4 amide bonds. The van der Waals surface area contributed by atoms with Gasteiger partial charge in [0.1, 0.15) is 0 Å². The maximum atomic E-state index is 13.0. The van der Waals surface area contributed by atoms with Crippen molar-refractivity contribution in [2.45, 2.75) is 50.4 Å². The van der Waals surface area contributed by atoms with Gasteiger partial charge in [-0.1, -0.05) is 36.4 Å². The van der Waals surface area contributed by atoms with Crippen LogP contribution < -0.4 is 20.4 Å². The van der Waals surface area contributed by atoms with Crippen molar-refractivity contribution in [3.8, 4) is 0 Å². The summed E-state index contributed by atoms with van der Waals surface area (Å²) in [4.78, 5) is 53.2. The number of rotatable bonds is 8. The molecule has 230 valence electrons. The summed E-state index contributed by atoms with van der Waals surface area (Å²) in [6, 6.07) is 12.8. The first-order valence-electron chi connectivity index (χ1n) is 13.3. The Bertz CT molecular complexity index is 1490. The van der Waals surface area contributed by atoms with Crippen LogP contribution in [0.15, 0.2) is 72.8 Å². The Hall–Kier alpha value is -4.56. The van der Waals surface area contributed by atoms with Gasteiger partial charge in [-0.15, -0.1) is 0 Å². The fourth-order valence-electron chi connectivity index (χ4n) is 5.07. The van der Waals surface area contributed by atoms with Gasteiger partial charge in [-0.05, 0) is 47.5 Å². The van der Waals surface area contributed by atoms with Gasteiger partial charge in [-0.25, -0.2) is 9.80 Å². The first-order valence-corrected chi connectivity index (χ1v) is 13.3. The number of benzene rings is 3. The van der Waals surface area contributed by atoms with Crippen molar-refractivity contribution in [2.24, 2.45) is 0 Å². The molecule has 0 saturated carbocycles. The minimum absolute atomic E-state index is 0.0808. The first-order chi connectivity index (χ1) is 20.7. The average Bonchev–Trinajstić information content (AvgIpc) is 3.42. The van der Waals surface area contributed by atoms with E-state index in [1.807, 2.05) is 0 Å². The minimum Gasteiger partial charge on any atom is -0.301 e. The van der Waals surface area contributed by atoms with E-state index in [0.717, 1.165) is 34.1 Å². The summed E-state index contributed by atoms with van der Waals surface area (Å²) in [5.41, 5.74) is -0.757. The Balaban J connectivity index is 1.21. The highest BCUT2D eigenvalue weighted by molar-refractivity contribution is 6.24. The quantitative estimate of drug-likeness (QED) is 0.284. The van der Waals surface area contributed by atoms with Crippen molar-refractivity contribution in [1.82, 2.24) is 10.6 Å². The predicted molar refractivity (Wildman–Crippen MR) is 145 cm³/mol. The summed E-state index contributed by atoms with van der Waals surface area (Å²) in [6.07, 6.45) is -9.48. The van der Waals surface area contributed by atoms with Gasteiger partial charge < -0.3 is 10.6 Å². The smallest absolute Gasteiger partial charge is 0.301 e. The lowest BCUT2D eigenvalue weighted by molar-refractivity contribution is -0.138. The van der Waals surface area contributed by atoms with Crippen molar-refractivity contribution in [1.29, 1.82) is 0 Å². The van der Waals surface area contributed by atoms with Gasteiger partial charge >= 0.3 is 12.4 Å². The largest absolute Gasteiger partial charge is 0.416 e. The zero-order valence-corrected chi connectivity index (χ0v) is 22.7. The van der Waals surface area contributed by atoms with E-state index in [4.69, 9.17) is 0 Å². The molecule has 0 bridgehead atoms. The molecule has 0 radical (unpaired) electrons. The van der Waals surface area contributed by atoms with Crippen LogP contribution in [0.4, 0.5) is 37.7 Å². The van der Waals surface area contributed by atoms with Crippen LogP contribution in [0.2, 0.25) is 0 Å². The second-order valence-electron chi connectivity index (χ2n) is 10.3. The molecule has 0 aromatic heterocycles. The molecule has 2 saturated heterocycles. The molecule has 3 aromatic carbocycles. The molecule has 2 aliphatic rings. The third-order valence-corrected chi connectivity index (χ3v) is 7.27. The maximum absolute atomic E-state index is 13.0. The third-order valence-electron chi connectivity index (χ3n) is 7.27. The van der Waals surface area contributed by atoms with Crippen LogP contribution >= 0.6 is 0 Å². The molecule has 0 spiro atoms. The lowest BCUT2D eigenvalue weighted by Crippen LogP contribution is -2.39. The Morgan fingerprint density at radius 2 is 0.955 bits per heavy atom. The van der Waals surface area contributed by atoms with E-state index in [0.29, 0.717) is 0 Å². The summed E-state index contributed by atoms with van der Waals surface area (Å²) in [6.45, 7) is -0.162. The van der Waals surface area contributed by atoms with Crippen LogP contribution in [0.3, 0.4) is 0 Å². The molecule has 0 aliphatic carbocycles. The SMILES string of the molecule is O=C1C[C@H](NCc2cccc(C(F)(F)F)c2)C(=O)N1c1ccc(N2C(=O)C[C@@H](NCc3cccc(C(F)(F)F)c3)C2=O)cc1. The average molecular weight is 619 g/mol. The van der Waals surface area contributed by atoms with Gasteiger partial charge in [0.25, 0.3) is 11.8 Å². The summed E-state index contributed by atoms with van der Waals surface area (Å²) in [7, 11) is 0. The van der Waals surface area contributed by atoms with Crippen molar-refractivity contribution < 1.29 is 45.5 Å². The van der Waals surface area contributed by atoms with Crippen LogP contribution in [-0.2, 0) is 44.6 Å². The highest BCUT2D eigenvalue weighted by Gasteiger charge is 2.41. The number of nitrogens with one attached hydrogen (secondary N) is 2. The Morgan fingerprint density at radius 3 is 1.30 bits per heavy atom. The molecule has 44 heavy (non-hydrogen) atoms. The first kappa shape index (κ1) is 30.9. The number of nitrogens with zero attached hydrogens (tertiary/aromatic N) is 2. The van der Waals surface area contributed by atoms with Crippen molar-refractivity contribution in [2.75, 3.05) is 9.80 Å². The Morgan fingerprint density at radius 1 is 0.591 bits per heavy atom. The van der Waals surface area contributed by atoms with Crippen LogP contribution in [0.1, 0.15) is 35.1 Å². The van der Waals surface area contributed by atoms with Crippen LogP contribution in [0.5, 0.6) is 0 Å². The maximum Gasteiger partial charge on any atom is 0.416 e. The fraction of sp³-hybridized carbons (Fsp3) is 0.267. The standard InChI is InChI=1S/C30H24F6N4O4/c31-29(32,33)19-5-1-3-17(11-19)15-37-23-13-25(41)39(27(23)43)21-7-9-22(10-8-21)40-26(42)14-24(28(40)44)38-16-18-4-2-6-20(12-18)30(34,35)36/h1-12,23-24,37-38H,13-16H2/t23-,24+. The monoisotopic (exact) mass is 618 g/mol. The second kappa shape index (κ2) is 11.8. The van der Waals surface area contributed by atoms with Gasteiger partial charge in [0.2, 0.25) is 11.8 Å². The number of alkyl halides is 6. The van der Waals surface area contributed by atoms with Crippen molar-refractivity contribution in [3.05, 3.63) is 95.1 Å². The molecule has 14 heteroatoms. The predicted octanol–water partition coefficient (Wildman–Crippen LogP) is 4.57.